The molecule has 0 fully saturated rings. The van der Waals surface area contributed by atoms with Gasteiger partial charge in [-0.1, -0.05) is 18.2 Å². The summed E-state index contributed by atoms with van der Waals surface area (Å²) in [7, 11) is -3.28. The van der Waals surface area contributed by atoms with E-state index in [0.29, 0.717) is 12.3 Å². The minimum atomic E-state index is -3.28. The van der Waals surface area contributed by atoms with Crippen LogP contribution in [0.4, 0.5) is 5.69 Å². The van der Waals surface area contributed by atoms with Crippen molar-refractivity contribution >= 4 is 21.4 Å². The van der Waals surface area contributed by atoms with E-state index in [0.717, 1.165) is 22.4 Å². The lowest BCUT2D eigenvalue weighted by Crippen LogP contribution is -2.42. The molecule has 0 radical (unpaired) electrons. The Hall–Kier alpha value is -2.60. The van der Waals surface area contributed by atoms with E-state index in [2.05, 4.69) is 0 Å². The fourth-order valence-electron chi connectivity index (χ4n) is 3.25. The monoisotopic (exact) mass is 399 g/mol. The molecule has 148 valence electrons. The van der Waals surface area contributed by atoms with Gasteiger partial charge in [-0.25, -0.2) is 8.42 Å². The number of anilines is 1. The first-order chi connectivity index (χ1) is 13.3. The van der Waals surface area contributed by atoms with Crippen LogP contribution in [0.1, 0.15) is 23.6 Å². The number of benzene rings is 2. The zero-order valence-corrected chi connectivity index (χ0v) is 17.2. The maximum absolute atomic E-state index is 13.2. The molecule has 0 saturated carbocycles. The van der Waals surface area contributed by atoms with Gasteiger partial charge in [-0.2, -0.15) is 0 Å². The van der Waals surface area contributed by atoms with E-state index in [4.69, 9.17) is 4.74 Å². The van der Waals surface area contributed by atoms with E-state index < -0.39 is 15.9 Å². The van der Waals surface area contributed by atoms with E-state index in [1.807, 2.05) is 63.2 Å². The fourth-order valence-corrected chi connectivity index (χ4v) is 4.51. The summed E-state index contributed by atoms with van der Waals surface area (Å²) < 4.78 is 29.3. The van der Waals surface area contributed by atoms with Gasteiger partial charge in [0.25, 0.3) is 0 Å². The molecule has 28 heavy (non-hydrogen) atoms. The maximum Gasteiger partial charge on any atom is 0.231 e. The van der Waals surface area contributed by atoms with Gasteiger partial charge in [-0.3, -0.25) is 4.79 Å². The summed E-state index contributed by atoms with van der Waals surface area (Å²) in [5.74, 6) is 0.531. The number of hydrogen-bond donors (Lipinski definition) is 0. The van der Waals surface area contributed by atoms with Gasteiger partial charge >= 0.3 is 0 Å². The van der Waals surface area contributed by atoms with Crippen molar-refractivity contribution < 1.29 is 17.9 Å². The number of ether oxygens (including phenoxy) is 1. The molecule has 0 aliphatic carbocycles. The number of aryl methyl sites for hydroxylation is 2. The van der Waals surface area contributed by atoms with Gasteiger partial charge in [0.2, 0.25) is 5.91 Å². The number of nitrogens with zero attached hydrogens (tertiary/aromatic N) is 1. The van der Waals surface area contributed by atoms with E-state index in [1.54, 1.807) is 11.0 Å². The first kappa shape index (κ1) is 20.1. The molecule has 0 bridgehead atoms. The van der Waals surface area contributed by atoms with Gasteiger partial charge in [0, 0.05) is 11.1 Å². The summed E-state index contributed by atoms with van der Waals surface area (Å²) in [5, 5.41) is 1.20. The molecular formula is C22H25NO4S. The number of sulfone groups is 1. The Balaban J connectivity index is 1.88. The summed E-state index contributed by atoms with van der Waals surface area (Å²) in [6.07, 6.45) is 1.78. The highest BCUT2D eigenvalue weighted by Crippen LogP contribution is 2.26. The fraction of sp³-hybridized carbons (Fsp3) is 0.318. The first-order valence-electron chi connectivity index (χ1n) is 9.31. The van der Waals surface area contributed by atoms with Crippen molar-refractivity contribution in [2.45, 2.75) is 33.2 Å². The summed E-state index contributed by atoms with van der Waals surface area (Å²) in [5.41, 5.74) is 3.75. The van der Waals surface area contributed by atoms with E-state index in [-0.39, 0.29) is 18.1 Å². The van der Waals surface area contributed by atoms with Gasteiger partial charge in [-0.05, 0) is 67.8 Å². The third-order valence-corrected chi connectivity index (χ3v) is 6.25. The maximum atomic E-state index is 13.2. The van der Waals surface area contributed by atoms with Crippen LogP contribution in [0.25, 0.3) is 0 Å². The standard InChI is InChI=1S/C22H25NO4S/c1-4-27-21-9-6-18(7-10-21)14-22(24)23(20-11-12-28(25,26)15-20)19-8-5-16(2)17(3)13-19/h5-13,20H,4,14-15H2,1-3H3/t20-/m1/s1. The van der Waals surface area contributed by atoms with Gasteiger partial charge in [-0.15, -0.1) is 0 Å². The topological polar surface area (TPSA) is 63.7 Å². The summed E-state index contributed by atoms with van der Waals surface area (Å²) in [4.78, 5) is 14.8. The third-order valence-electron chi connectivity index (χ3n) is 4.87. The molecule has 5 nitrogen and oxygen atoms in total. The van der Waals surface area contributed by atoms with Crippen molar-refractivity contribution in [3.63, 3.8) is 0 Å². The van der Waals surface area contributed by atoms with Crippen molar-refractivity contribution in [2.75, 3.05) is 17.3 Å². The third kappa shape index (κ3) is 4.62. The number of carbonyl (C=O) groups is 1. The Morgan fingerprint density at radius 1 is 1.11 bits per heavy atom. The van der Waals surface area contributed by atoms with Crippen LogP contribution in [0.5, 0.6) is 5.75 Å². The smallest absolute Gasteiger partial charge is 0.231 e. The first-order valence-corrected chi connectivity index (χ1v) is 11.0. The normalized spacial score (nSPS) is 17.5. The molecule has 0 saturated heterocycles. The molecule has 1 heterocycles. The molecule has 2 aromatic carbocycles. The van der Waals surface area contributed by atoms with E-state index in [9.17, 15) is 13.2 Å². The highest BCUT2D eigenvalue weighted by Gasteiger charge is 2.31. The molecule has 2 aromatic rings. The molecule has 6 heteroatoms. The molecule has 1 aliphatic heterocycles. The van der Waals surface area contributed by atoms with Gasteiger partial charge in [0.05, 0.1) is 24.8 Å². The Labute approximate surface area is 166 Å². The number of rotatable bonds is 6. The minimum Gasteiger partial charge on any atom is -0.494 e. The quantitative estimate of drug-likeness (QED) is 0.745. The summed E-state index contributed by atoms with van der Waals surface area (Å²) >= 11 is 0. The predicted octanol–water partition coefficient (Wildman–Crippen LogP) is 3.59. The summed E-state index contributed by atoms with van der Waals surface area (Å²) in [6.45, 7) is 6.49. The van der Waals surface area contributed by atoms with Crippen LogP contribution < -0.4 is 9.64 Å². The van der Waals surface area contributed by atoms with Gasteiger partial charge < -0.3 is 9.64 Å². The average Bonchev–Trinajstić information content (AvgIpc) is 2.99. The highest BCUT2D eigenvalue weighted by atomic mass is 32.2. The van der Waals surface area contributed by atoms with Crippen molar-refractivity contribution in [3.8, 4) is 5.75 Å². The van der Waals surface area contributed by atoms with Gasteiger partial charge in [0.15, 0.2) is 9.84 Å². The number of hydrogen-bond acceptors (Lipinski definition) is 4. The Morgan fingerprint density at radius 3 is 2.39 bits per heavy atom. The lowest BCUT2D eigenvalue weighted by Gasteiger charge is -2.28. The van der Waals surface area contributed by atoms with Crippen molar-refractivity contribution in [1.29, 1.82) is 0 Å². The van der Waals surface area contributed by atoms with Crippen LogP contribution in [0.15, 0.2) is 53.9 Å². The van der Waals surface area contributed by atoms with Crippen LogP contribution in [0.3, 0.4) is 0 Å². The van der Waals surface area contributed by atoms with Crippen LogP contribution in [-0.4, -0.2) is 32.7 Å². The van der Waals surface area contributed by atoms with Crippen molar-refractivity contribution in [1.82, 2.24) is 0 Å². The summed E-state index contributed by atoms with van der Waals surface area (Å²) in [6, 6.07) is 12.7. The lowest BCUT2D eigenvalue weighted by atomic mass is 10.1. The van der Waals surface area contributed by atoms with Crippen LogP contribution in [0, 0.1) is 13.8 Å². The van der Waals surface area contributed by atoms with E-state index in [1.165, 1.54) is 5.41 Å². The SMILES string of the molecule is CCOc1ccc(CC(=O)N(c2ccc(C)c(C)c2)[C@@H]2C=CS(=O)(=O)C2)cc1. The van der Waals surface area contributed by atoms with Gasteiger partial charge in [0.1, 0.15) is 5.75 Å². The molecule has 0 unspecified atom stereocenters. The Bertz CT molecular complexity index is 994. The Morgan fingerprint density at radius 2 is 1.82 bits per heavy atom. The zero-order chi connectivity index (χ0) is 20.3. The molecule has 1 amide bonds. The second kappa shape index (κ2) is 8.19. The molecule has 1 atom stereocenters. The predicted molar refractivity (Wildman–Crippen MR) is 111 cm³/mol. The zero-order valence-electron chi connectivity index (χ0n) is 16.4. The van der Waals surface area contributed by atoms with Crippen LogP contribution >= 0.6 is 0 Å². The second-order valence-electron chi connectivity index (χ2n) is 7.01. The van der Waals surface area contributed by atoms with E-state index >= 15 is 0 Å². The van der Waals surface area contributed by atoms with Crippen molar-refractivity contribution in [2.24, 2.45) is 0 Å². The Kier molecular flexibility index (Phi) is 5.89. The van der Waals surface area contributed by atoms with Crippen LogP contribution in [-0.2, 0) is 21.1 Å². The molecule has 0 aromatic heterocycles. The minimum absolute atomic E-state index is 0.0884. The van der Waals surface area contributed by atoms with Crippen LogP contribution in [0.2, 0.25) is 0 Å². The van der Waals surface area contributed by atoms with Crippen molar-refractivity contribution in [3.05, 3.63) is 70.6 Å². The molecular weight excluding hydrogens is 374 g/mol. The molecule has 0 N–H and O–H groups in total. The molecule has 0 spiro atoms. The highest BCUT2D eigenvalue weighted by molar-refractivity contribution is 7.94. The lowest BCUT2D eigenvalue weighted by molar-refractivity contribution is -0.118. The number of carbonyl (C=O) groups excluding carboxylic acids is 1. The average molecular weight is 400 g/mol. The largest absolute Gasteiger partial charge is 0.494 e. The second-order valence-corrected chi connectivity index (χ2v) is 8.94. The molecule has 1 aliphatic rings. The number of amides is 1. The molecule has 3 rings (SSSR count).